The van der Waals surface area contributed by atoms with Crippen LogP contribution in [-0.4, -0.2) is 25.6 Å². The molecule has 4 nitrogen and oxygen atoms in total. The van der Waals surface area contributed by atoms with E-state index in [1.807, 2.05) is 0 Å². The molecule has 0 aliphatic carbocycles. The highest BCUT2D eigenvalue weighted by Crippen LogP contribution is 2.25. The standard InChI is InChI=1S/C15H13FO4S/c1-21(19,20)13-5-3-2-4-12(13)15(18)14(17)10-6-8-11(16)9-7-10/h2-9,15,18H,1H3. The van der Waals surface area contributed by atoms with Gasteiger partial charge in [0, 0.05) is 17.4 Å². The van der Waals surface area contributed by atoms with E-state index in [1.54, 1.807) is 0 Å². The third kappa shape index (κ3) is 3.34. The maximum absolute atomic E-state index is 12.8. The summed E-state index contributed by atoms with van der Waals surface area (Å²) in [4.78, 5) is 12.1. The van der Waals surface area contributed by atoms with Gasteiger partial charge in [-0.3, -0.25) is 4.79 Å². The predicted octanol–water partition coefficient (Wildman–Crippen LogP) is 2.15. The van der Waals surface area contributed by atoms with Gasteiger partial charge >= 0.3 is 0 Å². The highest BCUT2D eigenvalue weighted by molar-refractivity contribution is 7.90. The average molecular weight is 308 g/mol. The lowest BCUT2D eigenvalue weighted by molar-refractivity contribution is 0.0742. The largest absolute Gasteiger partial charge is 0.380 e. The maximum Gasteiger partial charge on any atom is 0.195 e. The summed E-state index contributed by atoms with van der Waals surface area (Å²) in [6, 6.07) is 10.4. The van der Waals surface area contributed by atoms with Crippen LogP contribution in [0, 0.1) is 5.82 Å². The molecule has 0 amide bonds. The van der Waals surface area contributed by atoms with Crippen molar-refractivity contribution in [3.8, 4) is 0 Å². The quantitative estimate of drug-likeness (QED) is 0.879. The molecule has 0 aliphatic heterocycles. The Morgan fingerprint density at radius 1 is 1.10 bits per heavy atom. The number of carbonyl (C=O) groups excluding carboxylic acids is 1. The van der Waals surface area contributed by atoms with Crippen molar-refractivity contribution in [2.24, 2.45) is 0 Å². The van der Waals surface area contributed by atoms with E-state index in [1.165, 1.54) is 36.4 Å². The van der Waals surface area contributed by atoms with Gasteiger partial charge in [0.15, 0.2) is 15.6 Å². The molecule has 1 unspecified atom stereocenters. The first kappa shape index (κ1) is 15.3. The second-order valence-corrected chi connectivity index (χ2v) is 6.57. The summed E-state index contributed by atoms with van der Waals surface area (Å²) in [5, 5.41) is 10.1. The van der Waals surface area contributed by atoms with Crippen LogP contribution in [-0.2, 0) is 9.84 Å². The van der Waals surface area contributed by atoms with E-state index in [0.29, 0.717) is 0 Å². The zero-order valence-electron chi connectivity index (χ0n) is 11.2. The van der Waals surface area contributed by atoms with Crippen LogP contribution in [0.4, 0.5) is 4.39 Å². The van der Waals surface area contributed by atoms with Crippen LogP contribution in [0.1, 0.15) is 22.0 Å². The van der Waals surface area contributed by atoms with E-state index in [2.05, 4.69) is 0 Å². The first-order chi connectivity index (χ1) is 9.80. The Kier molecular flexibility index (Phi) is 4.20. The van der Waals surface area contributed by atoms with Gasteiger partial charge in [0.2, 0.25) is 0 Å². The number of hydrogen-bond donors (Lipinski definition) is 1. The number of hydrogen-bond acceptors (Lipinski definition) is 4. The zero-order valence-corrected chi connectivity index (χ0v) is 12.0. The number of carbonyl (C=O) groups is 1. The molecule has 0 saturated heterocycles. The minimum atomic E-state index is -3.57. The monoisotopic (exact) mass is 308 g/mol. The molecular weight excluding hydrogens is 295 g/mol. The highest BCUT2D eigenvalue weighted by Gasteiger charge is 2.25. The van der Waals surface area contributed by atoms with Crippen molar-refractivity contribution in [2.75, 3.05) is 6.26 Å². The van der Waals surface area contributed by atoms with Crippen molar-refractivity contribution in [2.45, 2.75) is 11.0 Å². The normalized spacial score (nSPS) is 12.9. The summed E-state index contributed by atoms with van der Waals surface area (Å²) in [5.74, 6) is -1.19. The summed E-state index contributed by atoms with van der Waals surface area (Å²) >= 11 is 0. The van der Waals surface area contributed by atoms with Crippen LogP contribution < -0.4 is 0 Å². The fourth-order valence-corrected chi connectivity index (χ4v) is 2.89. The van der Waals surface area contributed by atoms with E-state index in [9.17, 15) is 22.7 Å². The molecule has 2 aromatic rings. The fraction of sp³-hybridized carbons (Fsp3) is 0.133. The van der Waals surface area contributed by atoms with Crippen molar-refractivity contribution < 1.29 is 22.7 Å². The van der Waals surface area contributed by atoms with Crippen LogP contribution in [0.5, 0.6) is 0 Å². The van der Waals surface area contributed by atoms with Crippen molar-refractivity contribution in [1.29, 1.82) is 0 Å². The molecular formula is C15H13FO4S. The number of aliphatic hydroxyl groups is 1. The van der Waals surface area contributed by atoms with Crippen molar-refractivity contribution >= 4 is 15.6 Å². The van der Waals surface area contributed by atoms with Gasteiger partial charge in [-0.2, -0.15) is 0 Å². The molecule has 0 aliphatic rings. The third-order valence-electron chi connectivity index (χ3n) is 2.99. The first-order valence-electron chi connectivity index (χ1n) is 6.07. The Hall–Kier alpha value is -2.05. The van der Waals surface area contributed by atoms with Crippen molar-refractivity contribution in [3.63, 3.8) is 0 Å². The number of ketones is 1. The lowest BCUT2D eigenvalue weighted by Gasteiger charge is -2.13. The number of aliphatic hydroxyl groups excluding tert-OH is 1. The summed E-state index contributed by atoms with van der Waals surface area (Å²) < 4.78 is 36.2. The van der Waals surface area contributed by atoms with Gasteiger partial charge in [0.1, 0.15) is 11.9 Å². The maximum atomic E-state index is 12.8. The van der Waals surface area contributed by atoms with E-state index < -0.39 is 27.5 Å². The second-order valence-electron chi connectivity index (χ2n) is 4.58. The molecule has 2 aromatic carbocycles. The van der Waals surface area contributed by atoms with Crippen LogP contribution in [0.25, 0.3) is 0 Å². The molecule has 0 bridgehead atoms. The molecule has 0 aromatic heterocycles. The van der Waals surface area contributed by atoms with Crippen LogP contribution >= 0.6 is 0 Å². The molecule has 0 heterocycles. The molecule has 0 spiro atoms. The molecule has 0 radical (unpaired) electrons. The number of sulfone groups is 1. The minimum absolute atomic E-state index is 0.00863. The van der Waals surface area contributed by atoms with Crippen LogP contribution in [0.2, 0.25) is 0 Å². The lowest BCUT2D eigenvalue weighted by Crippen LogP contribution is -2.15. The number of rotatable bonds is 4. The summed E-state index contributed by atoms with van der Waals surface area (Å²) in [6.07, 6.45) is -0.623. The molecule has 2 rings (SSSR count). The fourth-order valence-electron chi connectivity index (χ4n) is 1.96. The van der Waals surface area contributed by atoms with E-state index in [4.69, 9.17) is 0 Å². The molecule has 110 valence electrons. The van der Waals surface area contributed by atoms with E-state index in [0.717, 1.165) is 18.4 Å². The predicted molar refractivity (Wildman–Crippen MR) is 75.2 cm³/mol. The van der Waals surface area contributed by atoms with Gasteiger partial charge < -0.3 is 5.11 Å². The molecule has 0 saturated carbocycles. The van der Waals surface area contributed by atoms with Gasteiger partial charge in [-0.1, -0.05) is 18.2 Å². The lowest BCUT2D eigenvalue weighted by atomic mass is 10.00. The number of benzene rings is 2. The van der Waals surface area contributed by atoms with E-state index >= 15 is 0 Å². The summed E-state index contributed by atoms with van der Waals surface area (Å²) in [7, 11) is -3.57. The Balaban J connectivity index is 2.43. The molecule has 1 N–H and O–H groups in total. The molecule has 21 heavy (non-hydrogen) atoms. The van der Waals surface area contributed by atoms with Crippen LogP contribution in [0.3, 0.4) is 0 Å². The Morgan fingerprint density at radius 2 is 1.67 bits per heavy atom. The Morgan fingerprint density at radius 3 is 2.24 bits per heavy atom. The SMILES string of the molecule is CS(=O)(=O)c1ccccc1C(O)C(=O)c1ccc(F)cc1. The third-order valence-corrected chi connectivity index (χ3v) is 4.16. The number of Topliss-reactive ketones (excluding diaryl/α,β-unsaturated/α-hetero) is 1. The molecule has 1 atom stereocenters. The molecule has 6 heteroatoms. The highest BCUT2D eigenvalue weighted by atomic mass is 32.2. The summed E-state index contributed by atoms with van der Waals surface area (Å²) in [6.45, 7) is 0. The zero-order chi connectivity index (χ0) is 15.6. The van der Waals surface area contributed by atoms with Gasteiger partial charge in [-0.05, 0) is 30.3 Å². The number of halogens is 1. The smallest absolute Gasteiger partial charge is 0.195 e. The molecule has 0 fully saturated rings. The topological polar surface area (TPSA) is 71.4 Å². The average Bonchev–Trinajstić information content (AvgIpc) is 2.45. The Bertz CT molecular complexity index is 767. The summed E-state index contributed by atoms with van der Waals surface area (Å²) in [5.41, 5.74) is 0.113. The van der Waals surface area contributed by atoms with E-state index in [-0.39, 0.29) is 16.0 Å². The van der Waals surface area contributed by atoms with Gasteiger partial charge in [0.05, 0.1) is 4.90 Å². The minimum Gasteiger partial charge on any atom is -0.380 e. The van der Waals surface area contributed by atoms with Crippen LogP contribution in [0.15, 0.2) is 53.4 Å². The van der Waals surface area contributed by atoms with Crippen molar-refractivity contribution in [1.82, 2.24) is 0 Å². The first-order valence-corrected chi connectivity index (χ1v) is 7.96. The second kappa shape index (κ2) is 5.75. The van der Waals surface area contributed by atoms with Crippen molar-refractivity contribution in [3.05, 3.63) is 65.5 Å². The van der Waals surface area contributed by atoms with Gasteiger partial charge in [-0.25, -0.2) is 12.8 Å². The van der Waals surface area contributed by atoms with Gasteiger partial charge in [0.25, 0.3) is 0 Å². The van der Waals surface area contributed by atoms with Gasteiger partial charge in [-0.15, -0.1) is 0 Å². The Labute approximate surface area is 121 Å².